The van der Waals surface area contributed by atoms with Crippen molar-refractivity contribution < 1.29 is 23.9 Å². The molecule has 0 saturated carbocycles. The van der Waals surface area contributed by atoms with E-state index >= 15 is 0 Å². The molecule has 1 N–H and O–H groups in total. The summed E-state index contributed by atoms with van der Waals surface area (Å²) >= 11 is 6.47. The number of methoxy groups -OCH3 is 1. The molecule has 0 aliphatic carbocycles. The molecule has 0 radical (unpaired) electrons. The molecule has 38 heavy (non-hydrogen) atoms. The fourth-order valence-corrected chi connectivity index (χ4v) is 4.78. The van der Waals surface area contributed by atoms with Crippen LogP contribution < -0.4 is 5.32 Å². The summed E-state index contributed by atoms with van der Waals surface area (Å²) in [6, 6.07) is 4.90. The van der Waals surface area contributed by atoms with Crippen LogP contribution in [0.2, 0.25) is 5.02 Å². The van der Waals surface area contributed by atoms with Crippen molar-refractivity contribution in [3.05, 3.63) is 40.5 Å². The minimum absolute atomic E-state index is 0.0610. The lowest BCUT2D eigenvalue weighted by atomic mass is 9.98. The number of hydrogen-bond acceptors (Lipinski definition) is 8. The number of carbonyl (C=O) groups is 3. The first-order valence-electron chi connectivity index (χ1n) is 12.6. The van der Waals surface area contributed by atoms with Crippen LogP contribution in [0.3, 0.4) is 0 Å². The first-order valence-corrected chi connectivity index (χ1v) is 13.0. The molecule has 2 aliphatic heterocycles. The van der Waals surface area contributed by atoms with Gasteiger partial charge in [-0.2, -0.15) is 0 Å². The molecule has 2 aliphatic rings. The third kappa shape index (κ3) is 5.91. The van der Waals surface area contributed by atoms with Crippen LogP contribution in [0.15, 0.2) is 24.4 Å². The summed E-state index contributed by atoms with van der Waals surface area (Å²) < 4.78 is 10.3. The number of nitrogens with one attached hydrogen (secondary N) is 1. The van der Waals surface area contributed by atoms with Gasteiger partial charge in [-0.15, -0.1) is 0 Å². The van der Waals surface area contributed by atoms with Gasteiger partial charge in [0.25, 0.3) is 5.91 Å². The summed E-state index contributed by atoms with van der Waals surface area (Å²) in [5.41, 5.74) is 1.75. The van der Waals surface area contributed by atoms with E-state index in [1.165, 1.54) is 18.2 Å². The second-order valence-corrected chi connectivity index (χ2v) is 11.0. The van der Waals surface area contributed by atoms with Crippen molar-refractivity contribution in [2.45, 2.75) is 57.7 Å². The molecule has 2 aromatic rings. The number of esters is 1. The highest BCUT2D eigenvalue weighted by molar-refractivity contribution is 6.33. The van der Waals surface area contributed by atoms with Crippen LogP contribution in [0.25, 0.3) is 11.3 Å². The lowest BCUT2D eigenvalue weighted by Gasteiger charge is -2.34. The van der Waals surface area contributed by atoms with Gasteiger partial charge in [0.05, 0.1) is 36.5 Å². The van der Waals surface area contributed by atoms with Gasteiger partial charge in [0.1, 0.15) is 6.54 Å². The summed E-state index contributed by atoms with van der Waals surface area (Å²) in [4.78, 5) is 50.9. The van der Waals surface area contributed by atoms with Gasteiger partial charge >= 0.3 is 5.97 Å². The Labute approximate surface area is 227 Å². The molecule has 3 heterocycles. The highest BCUT2D eigenvalue weighted by atomic mass is 35.5. The quantitative estimate of drug-likeness (QED) is 0.526. The average molecular weight is 544 g/mol. The first kappa shape index (κ1) is 27.8. The molecule has 1 unspecified atom stereocenters. The summed E-state index contributed by atoms with van der Waals surface area (Å²) in [6.45, 7) is 6.96. The number of benzene rings is 1. The van der Waals surface area contributed by atoms with Crippen LogP contribution in [0.4, 0.5) is 5.95 Å². The zero-order chi connectivity index (χ0) is 27.6. The van der Waals surface area contributed by atoms with Crippen LogP contribution in [0.1, 0.15) is 62.0 Å². The largest absolute Gasteiger partial charge is 0.469 e. The van der Waals surface area contributed by atoms with Gasteiger partial charge in [-0.1, -0.05) is 23.7 Å². The number of likely N-dealkylation sites (N-methyl/N-ethyl adjacent to an activating group) is 1. The summed E-state index contributed by atoms with van der Waals surface area (Å²) in [5, 5.41) is 3.68. The number of ether oxygens (including phenoxy) is 2. The number of carbonyl (C=O) groups excluding carboxylic acids is 3. The molecule has 4 rings (SSSR count). The molecule has 0 spiro atoms. The predicted molar refractivity (Wildman–Crippen MR) is 143 cm³/mol. The molecule has 1 atom stereocenters. The van der Waals surface area contributed by atoms with E-state index in [0.717, 1.165) is 12.8 Å². The second kappa shape index (κ2) is 11.2. The first-order chi connectivity index (χ1) is 18.0. The van der Waals surface area contributed by atoms with E-state index in [1.807, 2.05) is 26.8 Å². The summed E-state index contributed by atoms with van der Waals surface area (Å²) in [5.74, 6) is -0.582. The number of aromatic nitrogens is 2. The van der Waals surface area contributed by atoms with Gasteiger partial charge in [-0.05, 0) is 45.2 Å². The maximum Gasteiger partial charge on any atom is 0.307 e. The summed E-state index contributed by atoms with van der Waals surface area (Å²) in [6.07, 6.45) is 3.19. The Bertz CT molecular complexity index is 1220. The Morgan fingerprint density at radius 2 is 1.97 bits per heavy atom. The van der Waals surface area contributed by atoms with E-state index in [0.29, 0.717) is 46.6 Å². The Hall–Kier alpha value is -3.24. The van der Waals surface area contributed by atoms with Crippen molar-refractivity contribution in [1.82, 2.24) is 19.8 Å². The van der Waals surface area contributed by atoms with Crippen LogP contribution >= 0.6 is 11.6 Å². The van der Waals surface area contributed by atoms with Crippen molar-refractivity contribution in [1.29, 1.82) is 0 Å². The smallest absolute Gasteiger partial charge is 0.307 e. The predicted octanol–water partition coefficient (Wildman–Crippen LogP) is 3.70. The van der Waals surface area contributed by atoms with Gasteiger partial charge in [-0.25, -0.2) is 9.97 Å². The van der Waals surface area contributed by atoms with E-state index in [4.69, 9.17) is 21.1 Å². The van der Waals surface area contributed by atoms with Gasteiger partial charge in [0.15, 0.2) is 0 Å². The van der Waals surface area contributed by atoms with Crippen molar-refractivity contribution >= 4 is 35.3 Å². The van der Waals surface area contributed by atoms with Crippen LogP contribution in [0, 0.1) is 0 Å². The number of fused-ring (bicyclic) bond motifs is 1. The van der Waals surface area contributed by atoms with Gasteiger partial charge in [0, 0.05) is 43.0 Å². The van der Waals surface area contributed by atoms with Crippen molar-refractivity contribution in [2.75, 3.05) is 39.2 Å². The Balaban J connectivity index is 1.65. The fourth-order valence-electron chi connectivity index (χ4n) is 4.58. The third-order valence-electron chi connectivity index (χ3n) is 7.13. The molecule has 2 amide bonds. The minimum Gasteiger partial charge on any atom is -0.469 e. The lowest BCUT2D eigenvalue weighted by molar-refractivity contribution is -0.143. The third-order valence-corrected chi connectivity index (χ3v) is 7.40. The number of hydrogen-bond donors (Lipinski definition) is 1. The summed E-state index contributed by atoms with van der Waals surface area (Å²) in [7, 11) is 3.00. The number of nitrogens with zero attached hydrogens (tertiary/aromatic N) is 4. The number of rotatable bonds is 7. The maximum atomic E-state index is 13.6. The van der Waals surface area contributed by atoms with Gasteiger partial charge < -0.3 is 24.6 Å². The molecule has 1 aromatic heterocycles. The van der Waals surface area contributed by atoms with Gasteiger partial charge in [0.2, 0.25) is 11.9 Å². The van der Waals surface area contributed by atoms with Crippen LogP contribution in [0.5, 0.6) is 0 Å². The Kier molecular flexibility index (Phi) is 8.22. The molecular formula is C27H34ClN5O5. The standard InChI is InChI=1S/C27H34ClN5O5/c1-27(2,3)32(4)22(34)15-33-21(13-23(35)37-5)18-7-6-16(12-19(18)25(33)36)24-20(28)14-29-26(31-24)30-17-8-10-38-11-9-17/h6-7,12,14,17,21H,8-11,13,15H2,1-5H3,(H,29,30,31). The molecule has 1 fully saturated rings. The lowest BCUT2D eigenvalue weighted by Crippen LogP contribution is -2.48. The fraction of sp³-hybridized carbons (Fsp3) is 0.519. The van der Waals surface area contributed by atoms with E-state index in [2.05, 4.69) is 15.3 Å². The monoisotopic (exact) mass is 543 g/mol. The molecule has 204 valence electrons. The normalized spacial score (nSPS) is 17.8. The number of amides is 2. The molecule has 0 bridgehead atoms. The average Bonchev–Trinajstić information content (AvgIpc) is 3.14. The van der Waals surface area contributed by atoms with Crippen molar-refractivity contribution in [3.63, 3.8) is 0 Å². The van der Waals surface area contributed by atoms with E-state index < -0.39 is 17.6 Å². The zero-order valence-electron chi connectivity index (χ0n) is 22.4. The maximum absolute atomic E-state index is 13.6. The topological polar surface area (TPSA) is 114 Å². The molecule has 1 saturated heterocycles. The molecule has 10 nitrogen and oxygen atoms in total. The van der Waals surface area contributed by atoms with E-state index in [9.17, 15) is 14.4 Å². The Morgan fingerprint density at radius 1 is 1.26 bits per heavy atom. The highest BCUT2D eigenvalue weighted by Crippen LogP contribution is 2.39. The molecular weight excluding hydrogens is 510 g/mol. The highest BCUT2D eigenvalue weighted by Gasteiger charge is 2.40. The molecule has 11 heteroatoms. The van der Waals surface area contributed by atoms with Crippen molar-refractivity contribution in [3.8, 4) is 11.3 Å². The zero-order valence-corrected chi connectivity index (χ0v) is 23.2. The van der Waals surface area contributed by atoms with Crippen molar-refractivity contribution in [2.24, 2.45) is 0 Å². The number of anilines is 1. The molecule has 1 aromatic carbocycles. The van der Waals surface area contributed by atoms with Gasteiger partial charge in [-0.3, -0.25) is 14.4 Å². The minimum atomic E-state index is -0.622. The number of halogens is 1. The van der Waals surface area contributed by atoms with E-state index in [-0.39, 0.29) is 30.8 Å². The van der Waals surface area contributed by atoms with Crippen LogP contribution in [-0.2, 0) is 19.1 Å². The second-order valence-electron chi connectivity index (χ2n) is 10.6. The van der Waals surface area contributed by atoms with Crippen LogP contribution in [-0.4, -0.2) is 83.0 Å². The van der Waals surface area contributed by atoms with E-state index in [1.54, 1.807) is 24.1 Å². The SMILES string of the molecule is COC(=O)CC1c2ccc(-c3nc(NC4CCOCC4)ncc3Cl)cc2C(=O)N1CC(=O)N(C)C(C)(C)C. The Morgan fingerprint density at radius 3 is 2.63 bits per heavy atom.